The maximum atomic E-state index is 10.0. The number of nitrogens with zero attached hydrogens (tertiary/aromatic N) is 2. The van der Waals surface area contributed by atoms with E-state index in [0.29, 0.717) is 12.1 Å². The van der Waals surface area contributed by atoms with Crippen molar-refractivity contribution in [2.75, 3.05) is 0 Å². The third kappa shape index (κ3) is 2.09. The summed E-state index contributed by atoms with van der Waals surface area (Å²) in [5, 5.41) is 0. The summed E-state index contributed by atoms with van der Waals surface area (Å²) in [5.74, 6) is 0. The molecule has 0 N–H and O–H groups in total. The molecule has 0 saturated carbocycles. The Morgan fingerprint density at radius 2 is 2.23 bits per heavy atom. The predicted octanol–water partition coefficient (Wildman–Crippen LogP) is 1.26. The van der Waals surface area contributed by atoms with E-state index in [4.69, 9.17) is 0 Å². The Bertz CT molecular complexity index is 356. The minimum absolute atomic E-state index is 0.227. The summed E-state index contributed by atoms with van der Waals surface area (Å²) >= 11 is 0. The number of carbonyl (C=O) groups excluding carboxylic acids is 2. The van der Waals surface area contributed by atoms with Crippen molar-refractivity contribution in [2.45, 2.75) is 19.4 Å². The molecule has 0 amide bonds. The zero-order valence-corrected chi connectivity index (χ0v) is 7.15. The lowest BCUT2D eigenvalue weighted by molar-refractivity contribution is 0.559. The molecule has 0 fully saturated rings. The number of hydrogen-bond donors (Lipinski definition) is 0. The van der Waals surface area contributed by atoms with Gasteiger partial charge in [0.25, 0.3) is 0 Å². The van der Waals surface area contributed by atoms with Crippen LogP contribution in [0.5, 0.6) is 0 Å². The maximum absolute atomic E-state index is 10.0. The molecule has 1 unspecified atom stereocenters. The fourth-order valence-corrected chi connectivity index (χ4v) is 1.18. The normalized spacial score (nSPS) is 20.5. The summed E-state index contributed by atoms with van der Waals surface area (Å²) in [7, 11) is 0. The molecule has 0 aromatic rings. The third-order valence-electron chi connectivity index (χ3n) is 1.91. The molecule has 1 rings (SSSR count). The molecule has 4 nitrogen and oxygen atoms in total. The van der Waals surface area contributed by atoms with Crippen molar-refractivity contribution >= 4 is 12.2 Å². The van der Waals surface area contributed by atoms with Crippen LogP contribution in [0.1, 0.15) is 13.3 Å². The lowest BCUT2D eigenvalue weighted by Crippen LogP contribution is -2.09. The van der Waals surface area contributed by atoms with Crippen LogP contribution in [0.2, 0.25) is 0 Å². The zero-order chi connectivity index (χ0) is 9.68. The van der Waals surface area contributed by atoms with Gasteiger partial charge >= 0.3 is 0 Å². The minimum Gasteiger partial charge on any atom is -0.211 e. The first-order valence-electron chi connectivity index (χ1n) is 3.81. The average molecular weight is 176 g/mol. The molecular weight excluding hydrogens is 168 g/mol. The zero-order valence-electron chi connectivity index (χ0n) is 7.15. The van der Waals surface area contributed by atoms with Gasteiger partial charge in [0.1, 0.15) is 0 Å². The fourth-order valence-electron chi connectivity index (χ4n) is 1.18. The van der Waals surface area contributed by atoms with E-state index in [2.05, 4.69) is 9.98 Å². The van der Waals surface area contributed by atoms with Crippen LogP contribution in [-0.4, -0.2) is 18.2 Å². The van der Waals surface area contributed by atoms with Crippen LogP contribution in [0.3, 0.4) is 0 Å². The van der Waals surface area contributed by atoms with Crippen molar-refractivity contribution in [2.24, 2.45) is 9.98 Å². The summed E-state index contributed by atoms with van der Waals surface area (Å²) in [6, 6.07) is -0.227. The van der Waals surface area contributed by atoms with E-state index in [9.17, 15) is 9.59 Å². The summed E-state index contributed by atoms with van der Waals surface area (Å²) in [6.07, 6.45) is 7.14. The van der Waals surface area contributed by atoms with Crippen molar-refractivity contribution < 1.29 is 9.59 Å². The van der Waals surface area contributed by atoms with Gasteiger partial charge in [-0.2, -0.15) is 9.98 Å². The Labute approximate surface area is 75.4 Å². The molecule has 1 aliphatic carbocycles. The van der Waals surface area contributed by atoms with Crippen molar-refractivity contribution in [3.05, 3.63) is 23.4 Å². The summed E-state index contributed by atoms with van der Waals surface area (Å²) in [5.41, 5.74) is 1.33. The molecular formula is C9H8N2O2. The van der Waals surface area contributed by atoms with E-state index in [1.807, 2.05) is 6.08 Å². The van der Waals surface area contributed by atoms with Crippen LogP contribution < -0.4 is 0 Å². The highest BCUT2D eigenvalue weighted by atomic mass is 16.1. The van der Waals surface area contributed by atoms with Gasteiger partial charge in [0.2, 0.25) is 12.2 Å². The molecule has 0 spiro atoms. The van der Waals surface area contributed by atoms with Crippen LogP contribution in [0, 0.1) is 0 Å². The quantitative estimate of drug-likeness (QED) is 0.469. The van der Waals surface area contributed by atoms with Gasteiger partial charge in [-0.3, -0.25) is 0 Å². The van der Waals surface area contributed by atoms with E-state index >= 15 is 0 Å². The van der Waals surface area contributed by atoms with E-state index in [1.165, 1.54) is 12.2 Å². The topological polar surface area (TPSA) is 58.9 Å². The minimum atomic E-state index is -0.227. The monoisotopic (exact) mass is 176 g/mol. The SMILES string of the molecule is CC1=C(N=C=O)C=CCC1N=C=O. The molecule has 1 atom stereocenters. The second-order valence-electron chi connectivity index (χ2n) is 2.65. The maximum Gasteiger partial charge on any atom is 0.240 e. The second kappa shape index (κ2) is 4.31. The highest BCUT2D eigenvalue weighted by Crippen LogP contribution is 2.21. The van der Waals surface area contributed by atoms with Crippen molar-refractivity contribution in [3.63, 3.8) is 0 Å². The summed E-state index contributed by atoms with van der Waals surface area (Å²) in [4.78, 5) is 27.1. The van der Waals surface area contributed by atoms with Crippen LogP contribution in [0.4, 0.5) is 0 Å². The first-order valence-corrected chi connectivity index (χ1v) is 3.81. The van der Waals surface area contributed by atoms with Gasteiger partial charge in [0.05, 0.1) is 11.7 Å². The van der Waals surface area contributed by atoms with Gasteiger partial charge in [0.15, 0.2) is 0 Å². The molecule has 0 aromatic heterocycles. The van der Waals surface area contributed by atoms with Crippen molar-refractivity contribution in [1.82, 2.24) is 0 Å². The number of allylic oxidation sites excluding steroid dienone is 1. The third-order valence-corrected chi connectivity index (χ3v) is 1.91. The van der Waals surface area contributed by atoms with Gasteiger partial charge in [-0.25, -0.2) is 9.59 Å². The molecule has 0 bridgehead atoms. The van der Waals surface area contributed by atoms with Crippen LogP contribution in [0.25, 0.3) is 0 Å². The fraction of sp³-hybridized carbons (Fsp3) is 0.333. The number of aliphatic imine (C=N–C) groups is 2. The molecule has 0 radical (unpaired) electrons. The van der Waals surface area contributed by atoms with E-state index in [-0.39, 0.29) is 6.04 Å². The highest BCUT2D eigenvalue weighted by molar-refractivity contribution is 5.44. The lowest BCUT2D eigenvalue weighted by atomic mass is 9.99. The van der Waals surface area contributed by atoms with Gasteiger partial charge in [-0.05, 0) is 25.0 Å². The Balaban J connectivity index is 3.03. The van der Waals surface area contributed by atoms with E-state index in [1.54, 1.807) is 13.0 Å². The predicted molar refractivity (Wildman–Crippen MR) is 46.5 cm³/mol. The molecule has 66 valence electrons. The Hall–Kier alpha value is -1.76. The van der Waals surface area contributed by atoms with Gasteiger partial charge in [-0.15, -0.1) is 0 Å². The standard InChI is InChI=1S/C9H8N2O2/c1-7-8(10-5-12)3-2-4-9(7)11-6-13/h2-3,9H,4H2,1H3. The number of rotatable bonds is 2. The molecule has 0 aliphatic heterocycles. The molecule has 1 aliphatic rings. The van der Waals surface area contributed by atoms with Crippen LogP contribution >= 0.6 is 0 Å². The molecule has 0 aromatic carbocycles. The smallest absolute Gasteiger partial charge is 0.211 e. The average Bonchev–Trinajstić information content (AvgIpc) is 2.13. The molecule has 13 heavy (non-hydrogen) atoms. The van der Waals surface area contributed by atoms with Crippen LogP contribution in [0.15, 0.2) is 33.4 Å². The Morgan fingerprint density at radius 1 is 1.46 bits per heavy atom. The highest BCUT2D eigenvalue weighted by Gasteiger charge is 2.14. The van der Waals surface area contributed by atoms with Gasteiger partial charge < -0.3 is 0 Å². The number of hydrogen-bond acceptors (Lipinski definition) is 4. The lowest BCUT2D eigenvalue weighted by Gasteiger charge is -2.13. The van der Waals surface area contributed by atoms with Crippen molar-refractivity contribution in [1.29, 1.82) is 0 Å². The van der Waals surface area contributed by atoms with Gasteiger partial charge in [-0.1, -0.05) is 6.08 Å². The Morgan fingerprint density at radius 3 is 2.85 bits per heavy atom. The summed E-state index contributed by atoms with van der Waals surface area (Å²) in [6.45, 7) is 1.78. The molecule has 0 saturated heterocycles. The van der Waals surface area contributed by atoms with E-state index in [0.717, 1.165) is 5.57 Å². The van der Waals surface area contributed by atoms with E-state index < -0.39 is 0 Å². The van der Waals surface area contributed by atoms with Crippen LogP contribution in [-0.2, 0) is 9.59 Å². The van der Waals surface area contributed by atoms with Gasteiger partial charge in [0, 0.05) is 0 Å². The summed E-state index contributed by atoms with van der Waals surface area (Å²) < 4.78 is 0. The molecule has 4 heteroatoms. The van der Waals surface area contributed by atoms with Crippen molar-refractivity contribution in [3.8, 4) is 0 Å². The first kappa shape index (κ1) is 9.33. The number of isocyanates is 2. The first-order chi connectivity index (χ1) is 6.29. The molecule has 0 heterocycles. The second-order valence-corrected chi connectivity index (χ2v) is 2.65. The largest absolute Gasteiger partial charge is 0.240 e. The Kier molecular flexibility index (Phi) is 3.09.